The predicted molar refractivity (Wildman–Crippen MR) is 35.3 cm³/mol. The summed E-state index contributed by atoms with van der Waals surface area (Å²) in [6.45, 7) is 2.10. The first kappa shape index (κ1) is 6.01. The van der Waals surface area contributed by atoms with Crippen LogP contribution < -0.4 is 5.32 Å². The number of nitrogens with one attached hydrogen (secondary N) is 1. The number of rotatable bonds is 1. The molecule has 1 aliphatic rings. The molecule has 0 aromatic heterocycles. The topological polar surface area (TPSA) is 41.5 Å². The standard InChI is InChI=1S/C6H8N2O/c1-5(9)6-2-7-4-8-3-6/h2-3,7H,4H2,1H3. The van der Waals surface area contributed by atoms with Crippen LogP contribution in [0.1, 0.15) is 6.92 Å². The number of aliphatic imine (C=N–C) groups is 1. The Hall–Kier alpha value is -1.12. The normalized spacial score (nSPS) is 16.3. The highest BCUT2D eigenvalue weighted by Crippen LogP contribution is 1.93. The Morgan fingerprint density at radius 2 is 2.67 bits per heavy atom. The number of hydrogen-bond donors (Lipinski definition) is 1. The second-order valence-electron chi connectivity index (χ2n) is 1.83. The molecule has 0 saturated heterocycles. The van der Waals surface area contributed by atoms with Crippen molar-refractivity contribution in [3.8, 4) is 0 Å². The van der Waals surface area contributed by atoms with Crippen LogP contribution in [0.5, 0.6) is 0 Å². The van der Waals surface area contributed by atoms with Gasteiger partial charge in [0.15, 0.2) is 5.78 Å². The number of carbonyl (C=O) groups excluding carboxylic acids is 1. The molecule has 0 radical (unpaired) electrons. The van der Waals surface area contributed by atoms with E-state index < -0.39 is 0 Å². The summed E-state index contributed by atoms with van der Waals surface area (Å²) in [4.78, 5) is 14.5. The Kier molecular flexibility index (Phi) is 1.63. The average molecular weight is 124 g/mol. The average Bonchev–Trinajstić information content (AvgIpc) is 1.90. The summed E-state index contributed by atoms with van der Waals surface area (Å²) in [6, 6.07) is 0. The van der Waals surface area contributed by atoms with Gasteiger partial charge in [-0.1, -0.05) is 0 Å². The molecular formula is C6H8N2O. The number of carbonyl (C=O) groups is 1. The molecule has 3 heteroatoms. The highest BCUT2D eigenvalue weighted by molar-refractivity contribution is 6.12. The Morgan fingerprint density at radius 1 is 1.89 bits per heavy atom. The van der Waals surface area contributed by atoms with Gasteiger partial charge in [-0.2, -0.15) is 0 Å². The van der Waals surface area contributed by atoms with Crippen molar-refractivity contribution in [2.75, 3.05) is 6.67 Å². The van der Waals surface area contributed by atoms with E-state index in [0.29, 0.717) is 12.2 Å². The summed E-state index contributed by atoms with van der Waals surface area (Å²) >= 11 is 0. The van der Waals surface area contributed by atoms with Crippen molar-refractivity contribution in [1.29, 1.82) is 0 Å². The fourth-order valence-electron chi connectivity index (χ4n) is 0.582. The summed E-state index contributed by atoms with van der Waals surface area (Å²) in [5, 5.41) is 2.84. The molecule has 0 bridgehead atoms. The lowest BCUT2D eigenvalue weighted by atomic mass is 10.2. The second-order valence-corrected chi connectivity index (χ2v) is 1.83. The Bertz CT molecular complexity index is 181. The number of nitrogens with zero attached hydrogens (tertiary/aromatic N) is 1. The lowest BCUT2D eigenvalue weighted by molar-refractivity contribution is -0.113. The van der Waals surface area contributed by atoms with Gasteiger partial charge in [0.25, 0.3) is 0 Å². The van der Waals surface area contributed by atoms with Gasteiger partial charge in [-0.15, -0.1) is 0 Å². The van der Waals surface area contributed by atoms with Crippen molar-refractivity contribution >= 4 is 12.0 Å². The van der Waals surface area contributed by atoms with E-state index in [4.69, 9.17) is 0 Å². The van der Waals surface area contributed by atoms with Gasteiger partial charge in [0.2, 0.25) is 0 Å². The molecule has 0 fully saturated rings. The Morgan fingerprint density at radius 3 is 3.00 bits per heavy atom. The zero-order valence-electron chi connectivity index (χ0n) is 5.22. The van der Waals surface area contributed by atoms with Crippen LogP contribution in [0.15, 0.2) is 16.8 Å². The second kappa shape index (κ2) is 2.44. The molecule has 1 heterocycles. The summed E-state index contributed by atoms with van der Waals surface area (Å²) < 4.78 is 0. The fraction of sp³-hybridized carbons (Fsp3) is 0.333. The highest BCUT2D eigenvalue weighted by Gasteiger charge is 2.00. The maximum atomic E-state index is 10.6. The van der Waals surface area contributed by atoms with E-state index in [1.54, 1.807) is 12.4 Å². The van der Waals surface area contributed by atoms with E-state index in [1.807, 2.05) is 0 Å². The van der Waals surface area contributed by atoms with E-state index >= 15 is 0 Å². The molecule has 0 atom stereocenters. The van der Waals surface area contributed by atoms with Crippen LogP contribution in [0.3, 0.4) is 0 Å². The zero-order valence-corrected chi connectivity index (χ0v) is 5.22. The molecule has 0 spiro atoms. The van der Waals surface area contributed by atoms with Crippen molar-refractivity contribution in [1.82, 2.24) is 5.32 Å². The summed E-state index contributed by atoms with van der Waals surface area (Å²) in [7, 11) is 0. The van der Waals surface area contributed by atoms with Crippen LogP contribution >= 0.6 is 0 Å². The molecule has 48 valence electrons. The van der Waals surface area contributed by atoms with Crippen LogP contribution in [0.4, 0.5) is 0 Å². The molecule has 1 rings (SSSR count). The Balaban J connectivity index is 2.69. The summed E-state index contributed by atoms with van der Waals surface area (Å²) in [5.74, 6) is 0.0472. The molecule has 0 aromatic carbocycles. The summed E-state index contributed by atoms with van der Waals surface area (Å²) in [6.07, 6.45) is 3.26. The molecule has 9 heavy (non-hydrogen) atoms. The highest BCUT2D eigenvalue weighted by atomic mass is 16.1. The molecule has 0 aliphatic carbocycles. The minimum Gasteiger partial charge on any atom is -0.372 e. The molecule has 0 aromatic rings. The van der Waals surface area contributed by atoms with E-state index in [1.165, 1.54) is 6.92 Å². The first-order valence-corrected chi connectivity index (χ1v) is 2.75. The minimum absolute atomic E-state index is 0.0472. The van der Waals surface area contributed by atoms with Gasteiger partial charge >= 0.3 is 0 Å². The smallest absolute Gasteiger partial charge is 0.162 e. The van der Waals surface area contributed by atoms with Crippen LogP contribution in [-0.4, -0.2) is 18.7 Å². The maximum Gasteiger partial charge on any atom is 0.162 e. The van der Waals surface area contributed by atoms with Crippen LogP contribution in [0.2, 0.25) is 0 Å². The van der Waals surface area contributed by atoms with E-state index in [9.17, 15) is 4.79 Å². The molecule has 0 saturated carbocycles. The maximum absolute atomic E-state index is 10.6. The van der Waals surface area contributed by atoms with E-state index in [-0.39, 0.29) is 5.78 Å². The van der Waals surface area contributed by atoms with Gasteiger partial charge in [-0.3, -0.25) is 9.79 Å². The van der Waals surface area contributed by atoms with Gasteiger partial charge in [0, 0.05) is 12.4 Å². The number of ketones is 1. The largest absolute Gasteiger partial charge is 0.372 e. The van der Waals surface area contributed by atoms with Crippen molar-refractivity contribution in [2.45, 2.75) is 6.92 Å². The van der Waals surface area contributed by atoms with Crippen molar-refractivity contribution in [3.05, 3.63) is 11.8 Å². The predicted octanol–water partition coefficient (Wildman–Crippen LogP) is 0.0908. The van der Waals surface area contributed by atoms with Gasteiger partial charge in [0.05, 0.1) is 5.57 Å². The van der Waals surface area contributed by atoms with E-state index in [0.717, 1.165) is 0 Å². The lowest BCUT2D eigenvalue weighted by Crippen LogP contribution is -2.14. The quantitative estimate of drug-likeness (QED) is 0.538. The Labute approximate surface area is 53.5 Å². The number of Topliss-reactive ketones (excluding diaryl/α,β-unsaturated/α-hetero) is 1. The minimum atomic E-state index is 0.0472. The monoisotopic (exact) mass is 124 g/mol. The van der Waals surface area contributed by atoms with Crippen LogP contribution in [0, 0.1) is 0 Å². The summed E-state index contributed by atoms with van der Waals surface area (Å²) in [5.41, 5.74) is 0.640. The van der Waals surface area contributed by atoms with Crippen LogP contribution in [-0.2, 0) is 4.79 Å². The molecule has 1 aliphatic heterocycles. The zero-order chi connectivity index (χ0) is 6.69. The van der Waals surface area contributed by atoms with Gasteiger partial charge in [0.1, 0.15) is 6.67 Å². The van der Waals surface area contributed by atoms with E-state index in [2.05, 4.69) is 10.3 Å². The molecule has 0 unspecified atom stereocenters. The third kappa shape index (κ3) is 1.38. The fourth-order valence-corrected chi connectivity index (χ4v) is 0.582. The van der Waals surface area contributed by atoms with Crippen molar-refractivity contribution in [2.24, 2.45) is 4.99 Å². The molecular weight excluding hydrogens is 116 g/mol. The number of hydrogen-bond acceptors (Lipinski definition) is 3. The first-order valence-electron chi connectivity index (χ1n) is 2.75. The lowest BCUT2D eigenvalue weighted by Gasteiger charge is -2.02. The third-order valence-electron chi connectivity index (χ3n) is 1.08. The molecule has 3 nitrogen and oxygen atoms in total. The molecule has 0 amide bonds. The SMILES string of the molecule is CC(=O)C1=CNCN=C1. The van der Waals surface area contributed by atoms with Gasteiger partial charge in [-0.05, 0) is 6.92 Å². The number of allylic oxidation sites excluding steroid dienone is 1. The van der Waals surface area contributed by atoms with Crippen molar-refractivity contribution in [3.63, 3.8) is 0 Å². The van der Waals surface area contributed by atoms with Gasteiger partial charge in [-0.25, -0.2) is 0 Å². The third-order valence-corrected chi connectivity index (χ3v) is 1.08. The van der Waals surface area contributed by atoms with Crippen molar-refractivity contribution < 1.29 is 4.79 Å². The first-order chi connectivity index (χ1) is 4.30. The van der Waals surface area contributed by atoms with Crippen LogP contribution in [0.25, 0.3) is 0 Å². The van der Waals surface area contributed by atoms with Gasteiger partial charge < -0.3 is 5.32 Å². The molecule has 1 N–H and O–H groups in total.